The van der Waals surface area contributed by atoms with Crippen LogP contribution >= 0.6 is 0 Å². The molecular formula is C18H16F3NO4. The molecule has 0 radical (unpaired) electrons. The van der Waals surface area contributed by atoms with E-state index >= 15 is 0 Å². The van der Waals surface area contributed by atoms with Crippen LogP contribution in [-0.2, 0) is 9.59 Å². The Morgan fingerprint density at radius 1 is 1.08 bits per heavy atom. The molecule has 8 heteroatoms. The van der Waals surface area contributed by atoms with E-state index in [0.29, 0.717) is 5.69 Å². The second-order valence-corrected chi connectivity index (χ2v) is 7.12. The Labute approximate surface area is 146 Å². The summed E-state index contributed by atoms with van der Waals surface area (Å²) in [6, 6.07) is 4.79. The molecule has 1 spiro atoms. The highest BCUT2D eigenvalue weighted by Crippen LogP contribution is 2.72. The van der Waals surface area contributed by atoms with E-state index in [9.17, 15) is 27.9 Å². The van der Waals surface area contributed by atoms with E-state index in [4.69, 9.17) is 0 Å². The Balaban J connectivity index is 1.50. The number of anilines is 1. The van der Waals surface area contributed by atoms with Gasteiger partial charge in [0.1, 0.15) is 5.75 Å². The van der Waals surface area contributed by atoms with Crippen molar-refractivity contribution in [3.05, 3.63) is 36.4 Å². The minimum Gasteiger partial charge on any atom is -0.481 e. The topological polar surface area (TPSA) is 75.6 Å². The number of allylic oxidation sites excluding steroid dienone is 2. The van der Waals surface area contributed by atoms with E-state index in [-0.39, 0.29) is 17.3 Å². The van der Waals surface area contributed by atoms with Gasteiger partial charge < -0.3 is 15.2 Å². The zero-order valence-electron chi connectivity index (χ0n) is 13.5. The fourth-order valence-electron chi connectivity index (χ4n) is 4.66. The maximum absolute atomic E-state index is 12.7. The summed E-state index contributed by atoms with van der Waals surface area (Å²) in [5, 5.41) is 12.2. The zero-order chi connectivity index (χ0) is 18.7. The summed E-state index contributed by atoms with van der Waals surface area (Å²) < 4.78 is 40.3. The molecule has 0 heterocycles. The molecule has 0 aliphatic heterocycles. The van der Waals surface area contributed by atoms with E-state index in [1.54, 1.807) is 0 Å². The number of aliphatic carboxylic acids is 1. The van der Waals surface area contributed by atoms with E-state index in [2.05, 4.69) is 10.1 Å². The van der Waals surface area contributed by atoms with Gasteiger partial charge in [-0.1, -0.05) is 12.2 Å². The molecule has 4 atom stereocenters. The van der Waals surface area contributed by atoms with Crippen molar-refractivity contribution in [1.82, 2.24) is 0 Å². The quantitative estimate of drug-likeness (QED) is 0.800. The van der Waals surface area contributed by atoms with E-state index in [1.165, 1.54) is 12.1 Å². The number of rotatable bonds is 4. The van der Waals surface area contributed by atoms with Crippen molar-refractivity contribution in [1.29, 1.82) is 0 Å². The third-order valence-electron chi connectivity index (χ3n) is 5.78. The van der Waals surface area contributed by atoms with Crippen LogP contribution in [0, 0.1) is 29.1 Å². The summed E-state index contributed by atoms with van der Waals surface area (Å²) in [6.07, 6.45) is 0.928. The molecule has 26 heavy (non-hydrogen) atoms. The Morgan fingerprint density at radius 2 is 1.65 bits per heavy atom. The van der Waals surface area contributed by atoms with Crippen molar-refractivity contribution in [3.8, 4) is 5.75 Å². The van der Waals surface area contributed by atoms with Gasteiger partial charge in [0.05, 0.1) is 11.8 Å². The van der Waals surface area contributed by atoms with E-state index in [0.717, 1.165) is 25.0 Å². The molecule has 0 saturated heterocycles. The summed E-state index contributed by atoms with van der Waals surface area (Å²) in [5.41, 5.74) is 0.209. The Morgan fingerprint density at radius 3 is 2.15 bits per heavy atom. The number of ether oxygens (including phenoxy) is 1. The highest BCUT2D eigenvalue weighted by molar-refractivity contribution is 5.96. The van der Waals surface area contributed by atoms with Crippen LogP contribution < -0.4 is 10.1 Å². The van der Waals surface area contributed by atoms with Gasteiger partial charge in [-0.3, -0.25) is 9.59 Å². The maximum atomic E-state index is 12.7. The van der Waals surface area contributed by atoms with Crippen LogP contribution in [0.3, 0.4) is 0 Å². The normalized spacial score (nSPS) is 30.4. The van der Waals surface area contributed by atoms with Crippen molar-refractivity contribution in [2.75, 3.05) is 5.32 Å². The average Bonchev–Trinajstić information content (AvgIpc) is 3.21. The molecule has 0 aromatic heterocycles. The molecule has 4 unspecified atom stereocenters. The second-order valence-electron chi connectivity index (χ2n) is 7.12. The molecule has 1 aromatic rings. The van der Waals surface area contributed by atoms with Crippen molar-refractivity contribution in [2.24, 2.45) is 29.1 Å². The van der Waals surface area contributed by atoms with Crippen molar-refractivity contribution in [3.63, 3.8) is 0 Å². The number of carboxylic acid groups (broad SMARTS) is 1. The predicted octanol–water partition coefficient (Wildman–Crippen LogP) is 3.44. The molecule has 2 N–H and O–H groups in total. The minimum atomic E-state index is -4.78. The van der Waals surface area contributed by atoms with E-state index in [1.807, 2.05) is 12.2 Å². The van der Waals surface area contributed by atoms with Gasteiger partial charge in [-0.25, -0.2) is 0 Å². The number of carboxylic acids is 1. The molecule has 4 rings (SSSR count). The Bertz CT molecular complexity index is 783. The van der Waals surface area contributed by atoms with Crippen LogP contribution in [0.5, 0.6) is 5.75 Å². The number of benzene rings is 1. The first-order valence-corrected chi connectivity index (χ1v) is 8.29. The summed E-state index contributed by atoms with van der Waals surface area (Å²) in [5.74, 6) is -3.44. The van der Waals surface area contributed by atoms with Gasteiger partial charge >= 0.3 is 12.3 Å². The summed E-state index contributed by atoms with van der Waals surface area (Å²) in [7, 11) is 0. The van der Waals surface area contributed by atoms with Gasteiger partial charge in [0.2, 0.25) is 5.91 Å². The number of nitrogens with one attached hydrogen (secondary N) is 1. The molecule has 3 aliphatic carbocycles. The van der Waals surface area contributed by atoms with Gasteiger partial charge in [-0.05, 0) is 54.4 Å². The third kappa shape index (κ3) is 2.64. The zero-order valence-corrected chi connectivity index (χ0v) is 13.5. The first-order chi connectivity index (χ1) is 12.2. The fraction of sp³-hybridized carbons (Fsp3) is 0.444. The fourth-order valence-corrected chi connectivity index (χ4v) is 4.66. The molecular weight excluding hydrogens is 351 g/mol. The van der Waals surface area contributed by atoms with Crippen LogP contribution in [0.4, 0.5) is 18.9 Å². The Hall–Kier alpha value is -2.51. The standard InChI is InChI=1S/C18H16F3NO4/c19-18(20,21)26-10-3-1-9(2-4-10)22-15(23)13-11-5-6-12(14(13)16(24)25)17(11)7-8-17/h1-6,11-14H,7-8H2,(H,22,23)(H,24,25). The maximum Gasteiger partial charge on any atom is 0.573 e. The number of hydrogen-bond donors (Lipinski definition) is 2. The number of alkyl halides is 3. The molecule has 138 valence electrons. The molecule has 1 aromatic carbocycles. The molecule has 2 bridgehead atoms. The number of carbonyl (C=O) groups is 2. The lowest BCUT2D eigenvalue weighted by molar-refractivity contribution is -0.274. The van der Waals surface area contributed by atoms with Gasteiger partial charge in [-0.2, -0.15) is 0 Å². The largest absolute Gasteiger partial charge is 0.573 e. The van der Waals surface area contributed by atoms with Crippen molar-refractivity contribution in [2.45, 2.75) is 19.2 Å². The highest BCUT2D eigenvalue weighted by atomic mass is 19.4. The number of hydrogen-bond acceptors (Lipinski definition) is 3. The first kappa shape index (κ1) is 16.9. The van der Waals surface area contributed by atoms with Crippen LogP contribution in [0.25, 0.3) is 0 Å². The summed E-state index contributed by atoms with van der Waals surface area (Å²) in [6.45, 7) is 0. The number of amides is 1. The van der Waals surface area contributed by atoms with Gasteiger partial charge in [0.15, 0.2) is 0 Å². The van der Waals surface area contributed by atoms with Gasteiger partial charge in [0, 0.05) is 5.69 Å². The van der Waals surface area contributed by atoms with Gasteiger partial charge in [-0.15, -0.1) is 13.2 Å². The second kappa shape index (κ2) is 5.49. The summed E-state index contributed by atoms with van der Waals surface area (Å²) >= 11 is 0. The van der Waals surface area contributed by atoms with Gasteiger partial charge in [0.25, 0.3) is 0 Å². The highest BCUT2D eigenvalue weighted by Gasteiger charge is 2.70. The molecule has 3 aliphatic rings. The number of carbonyl (C=O) groups excluding carboxylic acids is 1. The van der Waals surface area contributed by atoms with Crippen molar-refractivity contribution >= 4 is 17.6 Å². The third-order valence-corrected chi connectivity index (χ3v) is 5.78. The van der Waals surface area contributed by atoms with Crippen LogP contribution in [0.2, 0.25) is 0 Å². The van der Waals surface area contributed by atoms with Crippen molar-refractivity contribution < 1.29 is 32.6 Å². The lowest BCUT2D eigenvalue weighted by Gasteiger charge is -2.23. The van der Waals surface area contributed by atoms with E-state index < -0.39 is 35.8 Å². The smallest absolute Gasteiger partial charge is 0.481 e. The predicted molar refractivity (Wildman–Crippen MR) is 84.2 cm³/mol. The molecule has 1 amide bonds. The Kier molecular flexibility index (Phi) is 3.58. The molecule has 2 fully saturated rings. The molecule has 2 saturated carbocycles. The lowest BCUT2D eigenvalue weighted by Crippen LogP contribution is -2.36. The minimum absolute atomic E-state index is 0.0878. The first-order valence-electron chi connectivity index (χ1n) is 8.29. The van der Waals surface area contributed by atoms with Crippen LogP contribution in [0.15, 0.2) is 36.4 Å². The SMILES string of the molecule is O=C(O)C1C(C(=O)Nc2ccc(OC(F)(F)F)cc2)C2C=CC1C21CC1. The molecule has 5 nitrogen and oxygen atoms in total. The lowest BCUT2D eigenvalue weighted by atomic mass is 9.82. The monoisotopic (exact) mass is 367 g/mol. The van der Waals surface area contributed by atoms with Crippen LogP contribution in [0.1, 0.15) is 12.8 Å². The van der Waals surface area contributed by atoms with Crippen LogP contribution in [-0.4, -0.2) is 23.3 Å². The number of halogens is 3. The summed E-state index contributed by atoms with van der Waals surface area (Å²) in [4.78, 5) is 24.4. The average molecular weight is 367 g/mol.